The number of hydrogen-bond donors (Lipinski definition) is 3. The fourth-order valence-corrected chi connectivity index (χ4v) is 2.67. The molecule has 156 valence electrons. The lowest BCUT2D eigenvalue weighted by molar-refractivity contribution is 0.303. The Morgan fingerprint density at radius 3 is 2.59 bits per heavy atom. The van der Waals surface area contributed by atoms with Crippen molar-refractivity contribution in [3.05, 3.63) is 29.3 Å². The SMILES string of the molecule is CCCCCOc1cc(C)ccc1CN=C(NCC)NCCS(N)(=O)=O.I. The van der Waals surface area contributed by atoms with E-state index in [2.05, 4.69) is 22.5 Å². The fraction of sp³-hybridized carbons (Fsp3) is 0.611. The van der Waals surface area contributed by atoms with Crippen molar-refractivity contribution < 1.29 is 13.2 Å². The fourth-order valence-electron chi connectivity index (χ4n) is 2.28. The first-order valence-corrected chi connectivity index (χ1v) is 10.8. The van der Waals surface area contributed by atoms with E-state index >= 15 is 0 Å². The van der Waals surface area contributed by atoms with Crippen LogP contribution in [0.25, 0.3) is 0 Å². The van der Waals surface area contributed by atoms with Gasteiger partial charge in [-0.2, -0.15) is 0 Å². The van der Waals surface area contributed by atoms with E-state index in [0.29, 0.717) is 25.7 Å². The third-order valence-electron chi connectivity index (χ3n) is 3.66. The molecule has 7 nitrogen and oxygen atoms in total. The lowest BCUT2D eigenvalue weighted by Crippen LogP contribution is -2.40. The molecule has 0 amide bonds. The minimum atomic E-state index is -3.49. The van der Waals surface area contributed by atoms with Crippen LogP contribution in [0.15, 0.2) is 23.2 Å². The number of aliphatic imine (C=N–C) groups is 1. The third kappa shape index (κ3) is 12.1. The van der Waals surface area contributed by atoms with Crippen molar-refractivity contribution >= 4 is 40.0 Å². The first kappa shape index (κ1) is 25.9. The molecule has 0 aliphatic carbocycles. The molecule has 0 aliphatic heterocycles. The van der Waals surface area contributed by atoms with Crippen molar-refractivity contribution in [2.45, 2.75) is 46.6 Å². The van der Waals surface area contributed by atoms with E-state index < -0.39 is 10.0 Å². The summed E-state index contributed by atoms with van der Waals surface area (Å²) in [6.45, 7) is 8.16. The zero-order valence-electron chi connectivity index (χ0n) is 16.5. The molecule has 0 fully saturated rings. The van der Waals surface area contributed by atoms with Gasteiger partial charge in [-0.25, -0.2) is 18.5 Å². The van der Waals surface area contributed by atoms with E-state index in [1.807, 2.05) is 32.0 Å². The van der Waals surface area contributed by atoms with E-state index in [1.54, 1.807) is 0 Å². The number of nitrogens with two attached hydrogens (primary N) is 1. The quantitative estimate of drug-likeness (QED) is 0.183. The van der Waals surface area contributed by atoms with Gasteiger partial charge in [-0.3, -0.25) is 0 Å². The molecular weight excluding hydrogens is 479 g/mol. The summed E-state index contributed by atoms with van der Waals surface area (Å²) in [5, 5.41) is 11.1. The monoisotopic (exact) mass is 512 g/mol. The number of guanidine groups is 1. The van der Waals surface area contributed by atoms with E-state index in [4.69, 9.17) is 9.88 Å². The molecule has 0 saturated carbocycles. The molecule has 1 rings (SSSR count). The predicted octanol–water partition coefficient (Wildman–Crippen LogP) is 2.53. The summed E-state index contributed by atoms with van der Waals surface area (Å²) >= 11 is 0. The second-order valence-electron chi connectivity index (χ2n) is 6.16. The van der Waals surface area contributed by atoms with Gasteiger partial charge in [0, 0.05) is 18.7 Å². The number of aryl methyl sites for hydroxylation is 1. The van der Waals surface area contributed by atoms with Gasteiger partial charge in [0.25, 0.3) is 0 Å². The minimum absolute atomic E-state index is 0. The molecule has 9 heteroatoms. The number of unbranched alkanes of at least 4 members (excludes halogenated alkanes) is 2. The molecule has 0 saturated heterocycles. The van der Waals surface area contributed by atoms with Gasteiger partial charge in [0.2, 0.25) is 10.0 Å². The van der Waals surface area contributed by atoms with Crippen LogP contribution in [0.4, 0.5) is 0 Å². The van der Waals surface area contributed by atoms with Crippen LogP contribution < -0.4 is 20.5 Å². The number of sulfonamides is 1. The molecule has 0 radical (unpaired) electrons. The van der Waals surface area contributed by atoms with Crippen molar-refractivity contribution in [1.29, 1.82) is 0 Å². The minimum Gasteiger partial charge on any atom is -0.493 e. The molecule has 0 aromatic heterocycles. The summed E-state index contributed by atoms with van der Waals surface area (Å²) in [5.74, 6) is 1.26. The molecule has 0 bridgehead atoms. The summed E-state index contributed by atoms with van der Waals surface area (Å²) in [5.41, 5.74) is 2.14. The van der Waals surface area contributed by atoms with Gasteiger partial charge < -0.3 is 15.4 Å². The van der Waals surface area contributed by atoms with Gasteiger partial charge >= 0.3 is 0 Å². The highest BCUT2D eigenvalue weighted by atomic mass is 127. The Balaban J connectivity index is 0.00000676. The number of rotatable bonds is 11. The van der Waals surface area contributed by atoms with Crippen molar-refractivity contribution in [1.82, 2.24) is 10.6 Å². The van der Waals surface area contributed by atoms with E-state index in [9.17, 15) is 8.42 Å². The molecule has 0 unspecified atom stereocenters. The summed E-state index contributed by atoms with van der Waals surface area (Å²) in [7, 11) is -3.49. The van der Waals surface area contributed by atoms with Gasteiger partial charge in [0.05, 0.1) is 18.9 Å². The van der Waals surface area contributed by atoms with Gasteiger partial charge in [0.15, 0.2) is 5.96 Å². The van der Waals surface area contributed by atoms with Crippen LogP contribution in [0, 0.1) is 6.92 Å². The van der Waals surface area contributed by atoms with E-state index in [0.717, 1.165) is 36.1 Å². The van der Waals surface area contributed by atoms with Gasteiger partial charge in [-0.1, -0.05) is 31.9 Å². The maximum atomic E-state index is 11.0. The molecule has 0 atom stereocenters. The lowest BCUT2D eigenvalue weighted by atomic mass is 10.1. The zero-order valence-corrected chi connectivity index (χ0v) is 19.6. The Kier molecular flexibility index (Phi) is 13.4. The molecule has 0 aliphatic rings. The van der Waals surface area contributed by atoms with Crippen molar-refractivity contribution in [2.24, 2.45) is 10.1 Å². The van der Waals surface area contributed by atoms with E-state index in [1.165, 1.54) is 0 Å². The van der Waals surface area contributed by atoms with Gasteiger partial charge in [0.1, 0.15) is 5.75 Å². The highest BCUT2D eigenvalue weighted by Gasteiger charge is 2.06. The highest BCUT2D eigenvalue weighted by molar-refractivity contribution is 14.0. The first-order valence-electron chi connectivity index (χ1n) is 9.10. The molecule has 0 spiro atoms. The smallest absolute Gasteiger partial charge is 0.210 e. The Morgan fingerprint density at radius 2 is 1.96 bits per heavy atom. The van der Waals surface area contributed by atoms with Gasteiger partial charge in [-0.15, -0.1) is 24.0 Å². The molecule has 1 aromatic carbocycles. The van der Waals surface area contributed by atoms with Crippen molar-refractivity contribution in [3.63, 3.8) is 0 Å². The van der Waals surface area contributed by atoms with Crippen LogP contribution >= 0.6 is 24.0 Å². The topological polar surface area (TPSA) is 106 Å². The average molecular weight is 512 g/mol. The van der Waals surface area contributed by atoms with E-state index in [-0.39, 0.29) is 36.3 Å². The molecular formula is C18H33IN4O3S. The maximum Gasteiger partial charge on any atom is 0.210 e. The average Bonchev–Trinajstić information content (AvgIpc) is 2.56. The Bertz CT molecular complexity index is 681. The van der Waals surface area contributed by atoms with Crippen molar-refractivity contribution in [3.8, 4) is 5.75 Å². The zero-order chi connectivity index (χ0) is 19.4. The van der Waals surface area contributed by atoms with Crippen molar-refractivity contribution in [2.75, 3.05) is 25.4 Å². The number of nitrogens with zero attached hydrogens (tertiary/aromatic N) is 1. The van der Waals surface area contributed by atoms with Crippen LogP contribution in [0.5, 0.6) is 5.75 Å². The Morgan fingerprint density at radius 1 is 1.22 bits per heavy atom. The number of benzene rings is 1. The highest BCUT2D eigenvalue weighted by Crippen LogP contribution is 2.21. The summed E-state index contributed by atoms with van der Waals surface area (Å²) in [4.78, 5) is 4.52. The summed E-state index contributed by atoms with van der Waals surface area (Å²) < 4.78 is 28.0. The first-order chi connectivity index (χ1) is 12.4. The Hall–Kier alpha value is -1.07. The second kappa shape index (κ2) is 14.0. The normalized spacial score (nSPS) is 11.6. The summed E-state index contributed by atoms with van der Waals surface area (Å²) in [6.07, 6.45) is 3.34. The van der Waals surface area contributed by atoms with Crippen LogP contribution in [0.2, 0.25) is 0 Å². The van der Waals surface area contributed by atoms with Gasteiger partial charge in [-0.05, 0) is 31.9 Å². The number of primary sulfonamides is 1. The second-order valence-corrected chi connectivity index (χ2v) is 7.89. The largest absolute Gasteiger partial charge is 0.493 e. The predicted molar refractivity (Wildman–Crippen MR) is 122 cm³/mol. The third-order valence-corrected chi connectivity index (χ3v) is 4.43. The summed E-state index contributed by atoms with van der Waals surface area (Å²) in [6, 6.07) is 6.07. The number of ether oxygens (including phenoxy) is 1. The molecule has 27 heavy (non-hydrogen) atoms. The number of nitrogens with one attached hydrogen (secondary N) is 2. The van der Waals surface area contributed by atoms with Crippen LogP contribution in [-0.4, -0.2) is 39.8 Å². The van der Waals surface area contributed by atoms with Crippen LogP contribution in [0.3, 0.4) is 0 Å². The molecule has 4 N–H and O–H groups in total. The maximum absolute atomic E-state index is 11.0. The standard InChI is InChI=1S/C18H32N4O3S.HI/c1-4-6-7-11-25-17-13-15(3)8-9-16(17)14-22-18(20-5-2)21-10-12-26(19,23)24;/h8-9,13H,4-7,10-12,14H2,1-3H3,(H2,19,23,24)(H2,20,21,22);1H. The molecule has 0 heterocycles. The van der Waals surface area contributed by atoms with Crippen LogP contribution in [-0.2, 0) is 16.6 Å². The number of hydrogen-bond acceptors (Lipinski definition) is 4. The molecule has 1 aromatic rings. The number of halogens is 1. The lowest BCUT2D eigenvalue weighted by Gasteiger charge is -2.13. The Labute approximate surface area is 180 Å². The van der Waals surface area contributed by atoms with Crippen LogP contribution in [0.1, 0.15) is 44.2 Å².